The highest BCUT2D eigenvalue weighted by Gasteiger charge is 2.12. The van der Waals surface area contributed by atoms with Crippen LogP contribution >= 0.6 is 35.4 Å². The number of anilines is 1. The molecule has 0 radical (unpaired) electrons. The van der Waals surface area contributed by atoms with Crippen molar-refractivity contribution in [3.8, 4) is 0 Å². The van der Waals surface area contributed by atoms with E-state index in [1.807, 2.05) is 31.2 Å². The largest absolute Gasteiger partial charge is 0.332 e. The lowest BCUT2D eigenvalue weighted by Crippen LogP contribution is -2.34. The van der Waals surface area contributed by atoms with Crippen LogP contribution in [0.2, 0.25) is 10.0 Å². The molecule has 3 nitrogen and oxygen atoms in total. The first kappa shape index (κ1) is 15.8. The molecule has 2 aromatic carbocycles. The van der Waals surface area contributed by atoms with Crippen LogP contribution in [-0.2, 0) is 0 Å². The second kappa shape index (κ2) is 6.89. The van der Waals surface area contributed by atoms with Gasteiger partial charge < -0.3 is 5.32 Å². The molecule has 0 saturated heterocycles. The van der Waals surface area contributed by atoms with E-state index >= 15 is 0 Å². The maximum Gasteiger partial charge on any atom is 0.258 e. The Hall–Kier alpha value is -1.62. The van der Waals surface area contributed by atoms with E-state index in [9.17, 15) is 4.79 Å². The van der Waals surface area contributed by atoms with Gasteiger partial charge in [0.25, 0.3) is 5.91 Å². The van der Waals surface area contributed by atoms with E-state index in [4.69, 9.17) is 35.4 Å². The molecule has 0 atom stereocenters. The highest BCUT2D eigenvalue weighted by atomic mass is 35.5. The molecule has 2 rings (SSSR count). The number of carbonyl (C=O) groups is 1. The minimum atomic E-state index is -0.388. The average Bonchev–Trinajstić information content (AvgIpc) is 2.41. The quantitative estimate of drug-likeness (QED) is 0.796. The minimum Gasteiger partial charge on any atom is -0.332 e. The molecule has 108 valence electrons. The zero-order chi connectivity index (χ0) is 15.4. The molecule has 0 bridgehead atoms. The van der Waals surface area contributed by atoms with Gasteiger partial charge in [0, 0.05) is 10.7 Å². The van der Waals surface area contributed by atoms with Crippen LogP contribution in [0.5, 0.6) is 0 Å². The number of benzene rings is 2. The van der Waals surface area contributed by atoms with Crippen LogP contribution in [0.4, 0.5) is 5.69 Å². The van der Waals surface area contributed by atoms with Gasteiger partial charge in [-0.3, -0.25) is 10.1 Å². The van der Waals surface area contributed by atoms with E-state index < -0.39 is 0 Å². The molecular formula is C15H12Cl2N2OS. The lowest BCUT2D eigenvalue weighted by Gasteiger charge is -2.10. The topological polar surface area (TPSA) is 41.1 Å². The van der Waals surface area contributed by atoms with E-state index in [0.717, 1.165) is 11.3 Å². The standard InChI is InChI=1S/C15H12Cl2N2OS/c1-9-2-5-11(6-3-9)18-15(21)19-14(20)12-7-4-10(16)8-13(12)17/h2-8H,1H3,(H2,18,19,20,21). The van der Waals surface area contributed by atoms with Crippen molar-refractivity contribution in [2.24, 2.45) is 0 Å². The highest BCUT2D eigenvalue weighted by molar-refractivity contribution is 7.80. The zero-order valence-electron chi connectivity index (χ0n) is 11.1. The SMILES string of the molecule is Cc1ccc(NC(=S)NC(=O)c2ccc(Cl)cc2Cl)cc1. The van der Waals surface area contributed by atoms with Crippen molar-refractivity contribution < 1.29 is 4.79 Å². The summed E-state index contributed by atoms with van der Waals surface area (Å²) in [5.74, 6) is -0.388. The fourth-order valence-corrected chi connectivity index (χ4v) is 2.35. The van der Waals surface area contributed by atoms with E-state index in [2.05, 4.69) is 10.6 Å². The molecule has 0 aromatic heterocycles. The molecule has 0 aliphatic carbocycles. The third-order valence-electron chi connectivity index (χ3n) is 2.71. The normalized spacial score (nSPS) is 10.0. The van der Waals surface area contributed by atoms with Gasteiger partial charge in [0.1, 0.15) is 0 Å². The minimum absolute atomic E-state index is 0.204. The van der Waals surface area contributed by atoms with E-state index in [1.54, 1.807) is 12.1 Å². The summed E-state index contributed by atoms with van der Waals surface area (Å²) in [5.41, 5.74) is 2.26. The van der Waals surface area contributed by atoms with Crippen molar-refractivity contribution >= 4 is 52.1 Å². The number of halogens is 2. The number of aryl methyl sites for hydroxylation is 1. The number of nitrogens with one attached hydrogen (secondary N) is 2. The Balaban J connectivity index is 2.02. The second-order valence-corrected chi connectivity index (χ2v) is 5.65. The maximum absolute atomic E-state index is 12.1. The Labute approximate surface area is 138 Å². The third-order valence-corrected chi connectivity index (χ3v) is 3.46. The van der Waals surface area contributed by atoms with Gasteiger partial charge in [0.05, 0.1) is 10.6 Å². The summed E-state index contributed by atoms with van der Waals surface area (Å²) in [6.45, 7) is 1.99. The van der Waals surface area contributed by atoms with Crippen LogP contribution < -0.4 is 10.6 Å². The van der Waals surface area contributed by atoms with Crippen molar-refractivity contribution in [3.63, 3.8) is 0 Å². The van der Waals surface area contributed by atoms with Crippen LogP contribution in [0.25, 0.3) is 0 Å². The predicted molar refractivity (Wildman–Crippen MR) is 91.3 cm³/mol. The number of hydrogen-bond donors (Lipinski definition) is 2. The number of thiocarbonyl (C=S) groups is 1. The number of carbonyl (C=O) groups excluding carboxylic acids is 1. The summed E-state index contributed by atoms with van der Waals surface area (Å²) in [6.07, 6.45) is 0. The Morgan fingerprint density at radius 3 is 2.38 bits per heavy atom. The van der Waals surface area contributed by atoms with Crippen molar-refractivity contribution in [3.05, 3.63) is 63.6 Å². The molecule has 0 saturated carbocycles. The smallest absolute Gasteiger partial charge is 0.258 e. The monoisotopic (exact) mass is 338 g/mol. The number of amides is 1. The number of rotatable bonds is 2. The van der Waals surface area contributed by atoms with Gasteiger partial charge in [-0.05, 0) is 49.5 Å². The highest BCUT2D eigenvalue weighted by Crippen LogP contribution is 2.20. The molecule has 0 spiro atoms. The third kappa shape index (κ3) is 4.43. The second-order valence-electron chi connectivity index (χ2n) is 4.40. The van der Waals surface area contributed by atoms with Crippen LogP contribution in [0.15, 0.2) is 42.5 Å². The van der Waals surface area contributed by atoms with Crippen LogP contribution in [-0.4, -0.2) is 11.0 Å². The summed E-state index contributed by atoms with van der Waals surface area (Å²) >= 11 is 16.9. The number of hydrogen-bond acceptors (Lipinski definition) is 2. The molecule has 0 aliphatic heterocycles. The Morgan fingerprint density at radius 2 is 1.76 bits per heavy atom. The molecule has 0 heterocycles. The fourth-order valence-electron chi connectivity index (χ4n) is 1.64. The van der Waals surface area contributed by atoms with Gasteiger partial charge in [-0.2, -0.15) is 0 Å². The first-order valence-corrected chi connectivity index (χ1v) is 7.26. The Bertz CT molecular complexity index is 687. The molecule has 6 heteroatoms. The predicted octanol–water partition coefficient (Wildman–Crippen LogP) is 4.43. The van der Waals surface area contributed by atoms with Crippen LogP contribution in [0.1, 0.15) is 15.9 Å². The Kier molecular flexibility index (Phi) is 5.17. The summed E-state index contributed by atoms with van der Waals surface area (Å²) in [6, 6.07) is 12.3. The van der Waals surface area contributed by atoms with Gasteiger partial charge in [0.2, 0.25) is 0 Å². The molecule has 0 unspecified atom stereocenters. The Morgan fingerprint density at radius 1 is 1.10 bits per heavy atom. The summed E-state index contributed by atoms with van der Waals surface area (Å²) in [7, 11) is 0. The first-order chi connectivity index (χ1) is 9.95. The van der Waals surface area contributed by atoms with Gasteiger partial charge in [0.15, 0.2) is 5.11 Å². The van der Waals surface area contributed by atoms with Gasteiger partial charge in [-0.15, -0.1) is 0 Å². The molecule has 21 heavy (non-hydrogen) atoms. The molecule has 2 N–H and O–H groups in total. The van der Waals surface area contributed by atoms with E-state index in [0.29, 0.717) is 10.6 Å². The van der Waals surface area contributed by atoms with Gasteiger partial charge in [-0.25, -0.2) is 0 Å². The van der Waals surface area contributed by atoms with E-state index in [1.165, 1.54) is 6.07 Å². The lowest BCUT2D eigenvalue weighted by molar-refractivity contribution is 0.0978. The van der Waals surface area contributed by atoms with Crippen molar-refractivity contribution in [2.75, 3.05) is 5.32 Å². The summed E-state index contributed by atoms with van der Waals surface area (Å²) < 4.78 is 0. The maximum atomic E-state index is 12.1. The van der Waals surface area contributed by atoms with Crippen molar-refractivity contribution in [2.45, 2.75) is 6.92 Å². The molecule has 1 amide bonds. The fraction of sp³-hybridized carbons (Fsp3) is 0.0667. The van der Waals surface area contributed by atoms with Crippen LogP contribution in [0.3, 0.4) is 0 Å². The molecule has 0 aliphatic rings. The van der Waals surface area contributed by atoms with E-state index in [-0.39, 0.29) is 16.0 Å². The van der Waals surface area contributed by atoms with Gasteiger partial charge in [-0.1, -0.05) is 40.9 Å². The zero-order valence-corrected chi connectivity index (χ0v) is 13.4. The lowest BCUT2D eigenvalue weighted by atomic mass is 10.2. The van der Waals surface area contributed by atoms with Gasteiger partial charge >= 0.3 is 0 Å². The average molecular weight is 339 g/mol. The summed E-state index contributed by atoms with van der Waals surface area (Å²) in [4.78, 5) is 12.1. The summed E-state index contributed by atoms with van der Waals surface area (Å²) in [5, 5.41) is 6.45. The van der Waals surface area contributed by atoms with Crippen molar-refractivity contribution in [1.29, 1.82) is 0 Å². The van der Waals surface area contributed by atoms with Crippen LogP contribution in [0, 0.1) is 6.92 Å². The molecular weight excluding hydrogens is 327 g/mol. The first-order valence-electron chi connectivity index (χ1n) is 6.10. The van der Waals surface area contributed by atoms with Crippen molar-refractivity contribution in [1.82, 2.24) is 5.32 Å². The molecule has 2 aromatic rings. The molecule has 0 fully saturated rings.